The van der Waals surface area contributed by atoms with Gasteiger partial charge in [-0.25, -0.2) is 0 Å². The monoisotopic (exact) mass is 374 g/mol. The maximum Gasteiger partial charge on any atom is 0.282 e. The molecular formula is C13H22N6O3S2. The molecule has 1 aromatic heterocycles. The third kappa shape index (κ3) is 3.75. The van der Waals surface area contributed by atoms with Crippen molar-refractivity contribution in [2.45, 2.75) is 25.8 Å². The second-order valence-electron chi connectivity index (χ2n) is 5.96. The van der Waals surface area contributed by atoms with Crippen LogP contribution in [0, 0.1) is 0 Å². The summed E-state index contributed by atoms with van der Waals surface area (Å²) in [6, 6.07) is -0.342. The molecule has 1 N–H and O–H groups in total. The average Bonchev–Trinajstić information content (AvgIpc) is 3.28. The smallest absolute Gasteiger partial charge is 0.282 e. The summed E-state index contributed by atoms with van der Waals surface area (Å²) >= 11 is 1.27. The number of nitrogens with one attached hydrogen (secondary N) is 1. The van der Waals surface area contributed by atoms with Crippen molar-refractivity contribution in [3.8, 4) is 0 Å². The number of hydrogen-bond donors (Lipinski definition) is 1. The fourth-order valence-corrected chi connectivity index (χ4v) is 5.13. The van der Waals surface area contributed by atoms with Gasteiger partial charge in [0.05, 0.1) is 6.04 Å². The van der Waals surface area contributed by atoms with Gasteiger partial charge in [-0.05, 0) is 19.8 Å². The van der Waals surface area contributed by atoms with Crippen LogP contribution in [0.15, 0.2) is 5.51 Å². The van der Waals surface area contributed by atoms with E-state index in [0.29, 0.717) is 44.4 Å². The molecule has 2 aliphatic rings. The highest BCUT2D eigenvalue weighted by Gasteiger charge is 2.35. The van der Waals surface area contributed by atoms with Gasteiger partial charge in [-0.15, -0.1) is 10.2 Å². The summed E-state index contributed by atoms with van der Waals surface area (Å²) in [6.07, 6.45) is 1.87. The van der Waals surface area contributed by atoms with Crippen molar-refractivity contribution in [3.63, 3.8) is 0 Å². The Morgan fingerprint density at radius 1 is 1.17 bits per heavy atom. The van der Waals surface area contributed by atoms with Crippen LogP contribution in [-0.4, -0.2) is 83.3 Å². The number of aromatic nitrogens is 2. The minimum absolute atomic E-state index is 0.150. The Balaban J connectivity index is 1.53. The van der Waals surface area contributed by atoms with Crippen LogP contribution in [0.25, 0.3) is 0 Å². The zero-order valence-electron chi connectivity index (χ0n) is 13.6. The number of amides is 1. The lowest BCUT2D eigenvalue weighted by atomic mass is 10.2. The van der Waals surface area contributed by atoms with E-state index in [1.165, 1.54) is 15.6 Å². The molecule has 2 fully saturated rings. The topological polar surface area (TPSA) is 98.7 Å². The number of carbonyl (C=O) groups is 1. The highest BCUT2D eigenvalue weighted by Crippen LogP contribution is 2.19. The van der Waals surface area contributed by atoms with Crippen LogP contribution >= 0.6 is 11.3 Å². The van der Waals surface area contributed by atoms with E-state index in [2.05, 4.69) is 15.5 Å². The van der Waals surface area contributed by atoms with E-state index < -0.39 is 10.2 Å². The highest BCUT2D eigenvalue weighted by molar-refractivity contribution is 7.86. The molecule has 0 aliphatic carbocycles. The molecule has 1 amide bonds. The molecule has 3 rings (SSSR count). The zero-order valence-corrected chi connectivity index (χ0v) is 15.2. The van der Waals surface area contributed by atoms with Crippen molar-refractivity contribution in [1.29, 1.82) is 0 Å². The van der Waals surface area contributed by atoms with Gasteiger partial charge in [0.2, 0.25) is 11.0 Å². The second-order valence-corrected chi connectivity index (χ2v) is 8.72. The quantitative estimate of drug-likeness (QED) is 0.768. The van der Waals surface area contributed by atoms with Crippen LogP contribution in [-0.2, 0) is 15.0 Å². The largest absolute Gasteiger partial charge is 0.299 e. The Morgan fingerprint density at radius 3 is 2.38 bits per heavy atom. The summed E-state index contributed by atoms with van der Waals surface area (Å²) in [5.74, 6) is -0.150. The molecule has 0 spiro atoms. The first-order valence-corrected chi connectivity index (χ1v) is 10.3. The molecule has 2 aliphatic heterocycles. The molecular weight excluding hydrogens is 352 g/mol. The van der Waals surface area contributed by atoms with E-state index >= 15 is 0 Å². The van der Waals surface area contributed by atoms with Gasteiger partial charge in [0.1, 0.15) is 5.51 Å². The van der Waals surface area contributed by atoms with Gasteiger partial charge in [0.15, 0.2) is 0 Å². The van der Waals surface area contributed by atoms with E-state index in [4.69, 9.17) is 0 Å². The molecule has 0 unspecified atom stereocenters. The molecule has 11 heteroatoms. The molecule has 0 aromatic carbocycles. The third-order valence-electron chi connectivity index (χ3n) is 4.51. The van der Waals surface area contributed by atoms with E-state index in [1.807, 2.05) is 11.8 Å². The maximum atomic E-state index is 12.6. The van der Waals surface area contributed by atoms with Crippen LogP contribution in [0.5, 0.6) is 0 Å². The molecule has 2 saturated heterocycles. The Bertz CT molecular complexity index is 651. The molecule has 9 nitrogen and oxygen atoms in total. The lowest BCUT2D eigenvalue weighted by molar-refractivity contribution is -0.121. The van der Waals surface area contributed by atoms with Gasteiger partial charge in [-0.3, -0.25) is 15.0 Å². The maximum absolute atomic E-state index is 12.6. The number of nitrogens with zero attached hydrogens (tertiary/aromatic N) is 5. The van der Waals surface area contributed by atoms with Crippen molar-refractivity contribution in [2.75, 3.05) is 44.6 Å². The van der Waals surface area contributed by atoms with Gasteiger partial charge in [0, 0.05) is 39.3 Å². The Kier molecular flexibility index (Phi) is 5.45. The lowest BCUT2D eigenvalue weighted by Gasteiger charge is -2.37. The molecule has 0 saturated carbocycles. The summed E-state index contributed by atoms with van der Waals surface area (Å²) < 4.78 is 28.2. The Labute approximate surface area is 145 Å². The van der Waals surface area contributed by atoms with E-state index in [1.54, 1.807) is 9.82 Å². The van der Waals surface area contributed by atoms with Crippen LogP contribution in [0.4, 0.5) is 5.13 Å². The summed E-state index contributed by atoms with van der Waals surface area (Å²) in [6.45, 7) is 4.95. The SMILES string of the molecule is C[C@@H](C(=O)Nc1nncs1)N1CCN(S(=O)(=O)N2CCCC2)CC1. The van der Waals surface area contributed by atoms with Crippen molar-refractivity contribution < 1.29 is 13.2 Å². The lowest BCUT2D eigenvalue weighted by Crippen LogP contribution is -2.56. The van der Waals surface area contributed by atoms with Gasteiger partial charge < -0.3 is 0 Å². The van der Waals surface area contributed by atoms with Gasteiger partial charge in [-0.2, -0.15) is 17.0 Å². The predicted molar refractivity (Wildman–Crippen MR) is 90.9 cm³/mol. The molecule has 0 radical (unpaired) electrons. The molecule has 1 aromatic rings. The number of hydrogen-bond acceptors (Lipinski definition) is 7. The normalized spacial score (nSPS) is 22.5. The van der Waals surface area contributed by atoms with E-state index in [-0.39, 0.29) is 11.9 Å². The number of piperazine rings is 1. The zero-order chi connectivity index (χ0) is 17.2. The van der Waals surface area contributed by atoms with Crippen molar-refractivity contribution in [3.05, 3.63) is 5.51 Å². The Morgan fingerprint density at radius 2 is 1.79 bits per heavy atom. The summed E-state index contributed by atoms with van der Waals surface area (Å²) in [5, 5.41) is 10.7. The molecule has 1 atom stereocenters. The first kappa shape index (κ1) is 17.7. The minimum atomic E-state index is -3.35. The Hall–Kier alpha value is -1.14. The molecule has 0 bridgehead atoms. The van der Waals surface area contributed by atoms with Crippen molar-refractivity contribution in [2.24, 2.45) is 0 Å². The minimum Gasteiger partial charge on any atom is -0.299 e. The van der Waals surface area contributed by atoms with Crippen LogP contribution in [0.1, 0.15) is 19.8 Å². The average molecular weight is 374 g/mol. The summed E-state index contributed by atoms with van der Waals surface area (Å²) in [4.78, 5) is 14.2. The van der Waals surface area contributed by atoms with Crippen molar-refractivity contribution in [1.82, 2.24) is 23.7 Å². The fraction of sp³-hybridized carbons (Fsp3) is 0.769. The highest BCUT2D eigenvalue weighted by atomic mass is 32.2. The predicted octanol–water partition coefficient (Wildman–Crippen LogP) is -0.177. The van der Waals surface area contributed by atoms with Gasteiger partial charge in [0.25, 0.3) is 10.2 Å². The van der Waals surface area contributed by atoms with Gasteiger partial charge in [-0.1, -0.05) is 11.3 Å². The molecule has 134 valence electrons. The fourth-order valence-electron chi connectivity index (χ4n) is 3.01. The van der Waals surface area contributed by atoms with Crippen molar-refractivity contribution >= 4 is 32.6 Å². The molecule has 3 heterocycles. The van der Waals surface area contributed by atoms with Gasteiger partial charge >= 0.3 is 0 Å². The van der Waals surface area contributed by atoms with E-state index in [0.717, 1.165) is 12.8 Å². The van der Waals surface area contributed by atoms with Crippen LogP contribution in [0.3, 0.4) is 0 Å². The second kappa shape index (κ2) is 7.40. The van der Waals surface area contributed by atoms with E-state index in [9.17, 15) is 13.2 Å². The van der Waals surface area contributed by atoms with Crippen LogP contribution in [0.2, 0.25) is 0 Å². The number of carbonyl (C=O) groups excluding carboxylic acids is 1. The number of rotatable bonds is 5. The van der Waals surface area contributed by atoms with Crippen LogP contribution < -0.4 is 5.32 Å². The summed E-state index contributed by atoms with van der Waals surface area (Å²) in [5.41, 5.74) is 1.56. The summed E-state index contributed by atoms with van der Waals surface area (Å²) in [7, 11) is -3.35. The third-order valence-corrected chi connectivity index (χ3v) is 7.15. The number of anilines is 1. The molecule has 24 heavy (non-hydrogen) atoms. The first-order chi connectivity index (χ1) is 11.5. The standard InChI is InChI=1S/C13H22N6O3S2/c1-11(12(20)15-13-16-14-10-23-13)17-6-8-19(9-7-17)24(21,22)18-4-2-3-5-18/h10-11H,2-9H2,1H3,(H,15,16,20)/t11-/m0/s1. The first-order valence-electron chi connectivity index (χ1n) is 8.05.